The lowest BCUT2D eigenvalue weighted by atomic mass is 10.2. The molecule has 19 heavy (non-hydrogen) atoms. The van der Waals surface area contributed by atoms with Crippen LogP contribution in [0.15, 0.2) is 18.2 Å². The van der Waals surface area contributed by atoms with E-state index in [9.17, 15) is 4.79 Å². The maximum Gasteiger partial charge on any atom is 0.335 e. The summed E-state index contributed by atoms with van der Waals surface area (Å²) in [5.74, 6) is 0.0789. The van der Waals surface area contributed by atoms with Crippen LogP contribution >= 0.6 is 0 Å². The van der Waals surface area contributed by atoms with Crippen LogP contribution < -0.4 is 5.32 Å². The van der Waals surface area contributed by atoms with Crippen LogP contribution in [0.2, 0.25) is 0 Å². The quantitative estimate of drug-likeness (QED) is 0.855. The van der Waals surface area contributed by atoms with Gasteiger partial charge in [-0.1, -0.05) is 0 Å². The van der Waals surface area contributed by atoms with Crippen molar-refractivity contribution in [2.24, 2.45) is 7.05 Å². The van der Waals surface area contributed by atoms with Gasteiger partial charge in [0, 0.05) is 26.1 Å². The number of aromatic carboxylic acids is 1. The molecule has 0 unspecified atom stereocenters. The molecule has 1 aliphatic carbocycles. The van der Waals surface area contributed by atoms with E-state index in [-0.39, 0.29) is 5.56 Å². The third kappa shape index (κ3) is 2.46. The highest BCUT2D eigenvalue weighted by atomic mass is 16.4. The minimum atomic E-state index is -0.912. The van der Waals surface area contributed by atoms with E-state index >= 15 is 0 Å². The maximum absolute atomic E-state index is 10.9. The molecule has 0 radical (unpaired) electrons. The molecule has 0 saturated heterocycles. The van der Waals surface area contributed by atoms with Gasteiger partial charge < -0.3 is 15.0 Å². The van der Waals surface area contributed by atoms with Crippen molar-refractivity contribution in [2.75, 3.05) is 6.54 Å². The van der Waals surface area contributed by atoms with Crippen LogP contribution in [0.5, 0.6) is 0 Å². The lowest BCUT2D eigenvalue weighted by Gasteiger charge is -2.03. The van der Waals surface area contributed by atoms with Gasteiger partial charge in [0.1, 0.15) is 5.82 Å². The molecule has 1 aromatic heterocycles. The standard InChI is InChI=1S/C14H17N3O2/c1-17-12-5-2-9(14(18)19)8-11(12)16-13(17)6-7-15-10-3-4-10/h2,5,8,10,15H,3-4,6-7H2,1H3,(H,18,19). The molecule has 0 spiro atoms. The fourth-order valence-corrected chi connectivity index (χ4v) is 2.28. The highest BCUT2D eigenvalue weighted by molar-refractivity contribution is 5.92. The molecule has 5 nitrogen and oxygen atoms in total. The van der Waals surface area contributed by atoms with Crippen LogP contribution in [0.25, 0.3) is 11.0 Å². The minimum Gasteiger partial charge on any atom is -0.478 e. The first-order valence-electron chi connectivity index (χ1n) is 6.57. The number of aryl methyl sites for hydroxylation is 1. The van der Waals surface area contributed by atoms with Gasteiger partial charge in [0.15, 0.2) is 0 Å². The SMILES string of the molecule is Cn1c(CCNC2CC2)nc2cc(C(=O)O)ccc21. The van der Waals surface area contributed by atoms with Gasteiger partial charge in [-0.05, 0) is 31.0 Å². The Bertz CT molecular complexity index is 629. The zero-order valence-electron chi connectivity index (χ0n) is 10.9. The molecular weight excluding hydrogens is 242 g/mol. The van der Waals surface area contributed by atoms with Crippen LogP contribution in [0, 0.1) is 0 Å². The summed E-state index contributed by atoms with van der Waals surface area (Å²) >= 11 is 0. The predicted molar refractivity (Wildman–Crippen MR) is 72.4 cm³/mol. The summed E-state index contributed by atoms with van der Waals surface area (Å²) in [5.41, 5.74) is 2.02. The van der Waals surface area contributed by atoms with Crippen molar-refractivity contribution < 1.29 is 9.90 Å². The lowest BCUT2D eigenvalue weighted by molar-refractivity contribution is 0.0697. The highest BCUT2D eigenvalue weighted by Crippen LogP contribution is 2.19. The van der Waals surface area contributed by atoms with Crippen molar-refractivity contribution in [1.82, 2.24) is 14.9 Å². The van der Waals surface area contributed by atoms with Crippen molar-refractivity contribution in [3.8, 4) is 0 Å². The number of carboxylic acid groups (broad SMARTS) is 1. The van der Waals surface area contributed by atoms with E-state index in [1.165, 1.54) is 12.8 Å². The lowest BCUT2D eigenvalue weighted by Crippen LogP contribution is -2.20. The smallest absolute Gasteiger partial charge is 0.335 e. The Hall–Kier alpha value is -1.88. The van der Waals surface area contributed by atoms with E-state index in [1.54, 1.807) is 12.1 Å². The van der Waals surface area contributed by atoms with Gasteiger partial charge in [0.2, 0.25) is 0 Å². The van der Waals surface area contributed by atoms with E-state index < -0.39 is 5.97 Å². The molecule has 1 heterocycles. The molecule has 100 valence electrons. The van der Waals surface area contributed by atoms with E-state index in [2.05, 4.69) is 10.3 Å². The van der Waals surface area contributed by atoms with Gasteiger partial charge in [0.05, 0.1) is 16.6 Å². The number of fused-ring (bicyclic) bond motifs is 1. The summed E-state index contributed by atoms with van der Waals surface area (Å²) < 4.78 is 2.04. The van der Waals surface area contributed by atoms with Crippen molar-refractivity contribution in [3.63, 3.8) is 0 Å². The Morgan fingerprint density at radius 1 is 1.53 bits per heavy atom. The normalized spacial score (nSPS) is 15.0. The first-order valence-corrected chi connectivity index (χ1v) is 6.57. The second-order valence-electron chi connectivity index (χ2n) is 5.07. The maximum atomic E-state index is 10.9. The summed E-state index contributed by atoms with van der Waals surface area (Å²) in [7, 11) is 1.97. The first kappa shape index (κ1) is 12.2. The van der Waals surface area contributed by atoms with Gasteiger partial charge in [-0.2, -0.15) is 0 Å². The van der Waals surface area contributed by atoms with E-state index in [1.807, 2.05) is 17.7 Å². The van der Waals surface area contributed by atoms with Crippen molar-refractivity contribution >= 4 is 17.0 Å². The molecule has 0 amide bonds. The van der Waals surface area contributed by atoms with E-state index in [4.69, 9.17) is 5.11 Å². The molecule has 1 aliphatic rings. The summed E-state index contributed by atoms with van der Waals surface area (Å²) in [6, 6.07) is 5.78. The third-order valence-electron chi connectivity index (χ3n) is 3.58. The number of nitrogens with zero attached hydrogens (tertiary/aromatic N) is 2. The van der Waals surface area contributed by atoms with Crippen LogP contribution in [0.3, 0.4) is 0 Å². The number of benzene rings is 1. The third-order valence-corrected chi connectivity index (χ3v) is 3.58. The molecule has 2 aromatic rings. The average molecular weight is 259 g/mol. The number of nitrogens with one attached hydrogen (secondary N) is 1. The molecular formula is C14H17N3O2. The summed E-state index contributed by atoms with van der Waals surface area (Å²) in [6.45, 7) is 0.924. The van der Waals surface area contributed by atoms with Crippen molar-refractivity contribution in [2.45, 2.75) is 25.3 Å². The predicted octanol–water partition coefficient (Wildman–Crippen LogP) is 1.57. The Morgan fingerprint density at radius 3 is 3.00 bits per heavy atom. The van der Waals surface area contributed by atoms with E-state index in [0.717, 1.165) is 29.8 Å². The zero-order chi connectivity index (χ0) is 13.4. The van der Waals surface area contributed by atoms with E-state index in [0.29, 0.717) is 6.04 Å². The monoisotopic (exact) mass is 259 g/mol. The van der Waals surface area contributed by atoms with Crippen molar-refractivity contribution in [1.29, 1.82) is 0 Å². The van der Waals surface area contributed by atoms with Crippen LogP contribution in [0.1, 0.15) is 29.0 Å². The molecule has 1 fully saturated rings. The van der Waals surface area contributed by atoms with Gasteiger partial charge in [-0.25, -0.2) is 9.78 Å². The summed E-state index contributed by atoms with van der Waals surface area (Å²) in [5, 5.41) is 12.4. The number of hydrogen-bond donors (Lipinski definition) is 2. The number of rotatable bonds is 5. The van der Waals surface area contributed by atoms with Gasteiger partial charge in [-0.15, -0.1) is 0 Å². The number of hydrogen-bond acceptors (Lipinski definition) is 3. The van der Waals surface area contributed by atoms with Crippen LogP contribution in [-0.4, -0.2) is 33.2 Å². The Morgan fingerprint density at radius 2 is 2.32 bits per heavy atom. The van der Waals surface area contributed by atoms with Crippen LogP contribution in [-0.2, 0) is 13.5 Å². The number of carbonyl (C=O) groups is 1. The van der Waals surface area contributed by atoms with Gasteiger partial charge in [-0.3, -0.25) is 0 Å². The molecule has 2 N–H and O–H groups in total. The number of imidazole rings is 1. The Balaban J connectivity index is 1.83. The summed E-state index contributed by atoms with van der Waals surface area (Å²) in [6.07, 6.45) is 3.43. The minimum absolute atomic E-state index is 0.285. The fraction of sp³-hybridized carbons (Fsp3) is 0.429. The molecule has 5 heteroatoms. The molecule has 1 aromatic carbocycles. The Kier molecular flexibility index (Phi) is 2.98. The zero-order valence-corrected chi connectivity index (χ0v) is 10.9. The van der Waals surface area contributed by atoms with Crippen molar-refractivity contribution in [3.05, 3.63) is 29.6 Å². The molecule has 1 saturated carbocycles. The topological polar surface area (TPSA) is 67.2 Å². The second kappa shape index (κ2) is 4.66. The average Bonchev–Trinajstić information content (AvgIpc) is 3.15. The summed E-state index contributed by atoms with van der Waals surface area (Å²) in [4.78, 5) is 15.5. The molecule has 0 atom stereocenters. The first-order chi connectivity index (χ1) is 9.15. The molecule has 0 aliphatic heterocycles. The number of carboxylic acids is 1. The Labute approximate surface area is 111 Å². The van der Waals surface area contributed by atoms with Gasteiger partial charge >= 0.3 is 5.97 Å². The largest absolute Gasteiger partial charge is 0.478 e. The van der Waals surface area contributed by atoms with Crippen LogP contribution in [0.4, 0.5) is 0 Å². The second-order valence-corrected chi connectivity index (χ2v) is 5.07. The number of aromatic nitrogens is 2. The van der Waals surface area contributed by atoms with Gasteiger partial charge in [0.25, 0.3) is 0 Å². The highest BCUT2D eigenvalue weighted by Gasteiger charge is 2.20. The molecule has 3 rings (SSSR count). The fourth-order valence-electron chi connectivity index (χ4n) is 2.28. The molecule has 0 bridgehead atoms.